The number of ether oxygens (including phenoxy) is 2. The quantitative estimate of drug-likeness (QED) is 0.251. The number of para-hydroxylation sites is 1. The number of benzene rings is 2. The Labute approximate surface area is 183 Å². The molecule has 4 aromatic rings. The van der Waals surface area contributed by atoms with Crippen LogP contribution < -0.4 is 9.47 Å². The van der Waals surface area contributed by atoms with Crippen LogP contribution in [0.3, 0.4) is 0 Å². The molecule has 1 aliphatic rings. The summed E-state index contributed by atoms with van der Waals surface area (Å²) in [7, 11) is 1.97. The minimum absolute atomic E-state index is 0.178. The number of allylic oxidation sites excluding steroid dienone is 1. The van der Waals surface area contributed by atoms with Gasteiger partial charge in [0.1, 0.15) is 11.5 Å². The molecule has 0 amide bonds. The number of thiophene rings is 1. The molecule has 31 heavy (non-hydrogen) atoms. The van der Waals surface area contributed by atoms with Crippen LogP contribution in [0.2, 0.25) is 0 Å². The molecule has 5 rings (SSSR count). The first-order valence-electron chi connectivity index (χ1n) is 9.86. The highest BCUT2D eigenvalue weighted by molar-refractivity contribution is 7.10. The van der Waals surface area contributed by atoms with Gasteiger partial charge in [-0.3, -0.25) is 9.59 Å². The zero-order valence-electron chi connectivity index (χ0n) is 17.0. The van der Waals surface area contributed by atoms with Crippen molar-refractivity contribution in [2.75, 3.05) is 0 Å². The van der Waals surface area contributed by atoms with Gasteiger partial charge in [-0.2, -0.15) is 0 Å². The fraction of sp³-hybridized carbons (Fsp3) is 0.120. The van der Waals surface area contributed by atoms with Gasteiger partial charge in [0.05, 0.1) is 12.0 Å². The molecular weight excluding hydrogens is 410 g/mol. The van der Waals surface area contributed by atoms with Crippen molar-refractivity contribution in [3.63, 3.8) is 0 Å². The number of Topliss-reactive ketones (excluding diaryl/α,β-unsaturated/α-hetero) is 1. The van der Waals surface area contributed by atoms with Gasteiger partial charge in [-0.25, -0.2) is 0 Å². The number of hydrogen-bond donors (Lipinski definition) is 0. The molecular formula is C25H19NO4S. The largest absolute Gasteiger partial charge is 0.452 e. The van der Waals surface area contributed by atoms with Crippen molar-refractivity contribution in [3.8, 4) is 11.5 Å². The average molecular weight is 429 g/mol. The summed E-state index contributed by atoms with van der Waals surface area (Å²) in [6.07, 6.45) is 3.95. The van der Waals surface area contributed by atoms with E-state index in [1.807, 2.05) is 59.6 Å². The SMILES string of the molecule is Cc1c(OC(=O)Cc2cccs2)ccc2c1O/C(=C\c1cn(C)c3ccccc13)C2=O. The average Bonchev–Trinajstić information content (AvgIpc) is 3.45. The molecule has 5 nitrogen and oxygen atoms in total. The summed E-state index contributed by atoms with van der Waals surface area (Å²) in [5, 5.41) is 2.97. The first kappa shape index (κ1) is 19.3. The van der Waals surface area contributed by atoms with Gasteiger partial charge in [0.25, 0.3) is 0 Å². The topological polar surface area (TPSA) is 57.5 Å². The molecule has 154 valence electrons. The highest BCUT2D eigenvalue weighted by Gasteiger charge is 2.30. The van der Waals surface area contributed by atoms with E-state index in [1.54, 1.807) is 25.1 Å². The normalized spacial score (nSPS) is 14.1. The predicted molar refractivity (Wildman–Crippen MR) is 121 cm³/mol. The van der Waals surface area contributed by atoms with E-state index < -0.39 is 0 Å². The van der Waals surface area contributed by atoms with E-state index in [1.165, 1.54) is 11.3 Å². The maximum atomic E-state index is 12.9. The second-order valence-electron chi connectivity index (χ2n) is 7.45. The number of carbonyl (C=O) groups excluding carboxylic acids is 2. The van der Waals surface area contributed by atoms with Crippen LogP contribution in [0.5, 0.6) is 11.5 Å². The summed E-state index contributed by atoms with van der Waals surface area (Å²) in [5.41, 5.74) is 3.09. The highest BCUT2D eigenvalue weighted by Crippen LogP contribution is 2.39. The zero-order valence-corrected chi connectivity index (χ0v) is 17.9. The number of fused-ring (bicyclic) bond motifs is 2. The van der Waals surface area contributed by atoms with Gasteiger partial charge >= 0.3 is 5.97 Å². The molecule has 6 heteroatoms. The Kier molecular flexibility index (Phi) is 4.71. The van der Waals surface area contributed by atoms with Crippen molar-refractivity contribution in [1.82, 2.24) is 4.57 Å². The number of aryl methyl sites for hydroxylation is 1. The van der Waals surface area contributed by atoms with Gasteiger partial charge in [-0.15, -0.1) is 11.3 Å². The molecule has 0 aliphatic carbocycles. The lowest BCUT2D eigenvalue weighted by atomic mass is 10.1. The molecule has 3 heterocycles. The minimum Gasteiger partial charge on any atom is -0.452 e. The van der Waals surface area contributed by atoms with Crippen LogP contribution in [0, 0.1) is 6.92 Å². The Hall–Kier alpha value is -3.64. The Morgan fingerprint density at radius 3 is 2.81 bits per heavy atom. The van der Waals surface area contributed by atoms with Crippen LogP contribution >= 0.6 is 11.3 Å². The first-order chi connectivity index (χ1) is 15.0. The van der Waals surface area contributed by atoms with Gasteiger partial charge in [0, 0.05) is 40.2 Å². The molecule has 0 radical (unpaired) electrons. The lowest BCUT2D eigenvalue weighted by Gasteiger charge is -2.09. The van der Waals surface area contributed by atoms with Gasteiger partial charge in [0.15, 0.2) is 5.76 Å². The summed E-state index contributed by atoms with van der Waals surface area (Å²) in [4.78, 5) is 26.2. The number of hydrogen-bond acceptors (Lipinski definition) is 5. The lowest BCUT2D eigenvalue weighted by molar-refractivity contribution is -0.133. The minimum atomic E-state index is -0.346. The fourth-order valence-corrected chi connectivity index (χ4v) is 4.51. The molecule has 0 N–H and O–H groups in total. The monoisotopic (exact) mass is 429 g/mol. The smallest absolute Gasteiger partial charge is 0.316 e. The van der Waals surface area contributed by atoms with Gasteiger partial charge < -0.3 is 14.0 Å². The third-order valence-corrected chi connectivity index (χ3v) is 6.25. The lowest BCUT2D eigenvalue weighted by Crippen LogP contribution is -2.11. The second kappa shape index (κ2) is 7.56. The van der Waals surface area contributed by atoms with Crippen molar-refractivity contribution in [1.29, 1.82) is 0 Å². The van der Waals surface area contributed by atoms with Crippen LogP contribution in [0.15, 0.2) is 65.9 Å². The van der Waals surface area contributed by atoms with Crippen LogP contribution in [0.1, 0.15) is 26.4 Å². The standard InChI is InChI=1S/C25H19NO4S/c1-15-21(29-23(27)13-17-6-5-11-31-17)10-9-19-24(28)22(30-25(15)19)12-16-14-26(2)20-8-4-3-7-18(16)20/h3-12,14H,13H2,1-2H3/b22-12-. The van der Waals surface area contributed by atoms with E-state index in [0.29, 0.717) is 22.6 Å². The second-order valence-corrected chi connectivity index (χ2v) is 8.48. The fourth-order valence-electron chi connectivity index (χ4n) is 3.82. The van der Waals surface area contributed by atoms with Crippen LogP contribution in [-0.2, 0) is 18.3 Å². The van der Waals surface area contributed by atoms with E-state index >= 15 is 0 Å². The predicted octanol–water partition coefficient (Wildman–Crippen LogP) is 5.31. The Bertz CT molecular complexity index is 1360. The van der Waals surface area contributed by atoms with Gasteiger partial charge in [0.2, 0.25) is 5.78 Å². The molecule has 0 spiro atoms. The number of carbonyl (C=O) groups is 2. The van der Waals surface area contributed by atoms with Crippen LogP contribution in [-0.4, -0.2) is 16.3 Å². The van der Waals surface area contributed by atoms with Gasteiger partial charge in [-0.05, 0) is 42.6 Å². The number of esters is 1. The number of rotatable bonds is 4. The van der Waals surface area contributed by atoms with E-state index in [-0.39, 0.29) is 23.9 Å². The van der Waals surface area contributed by atoms with E-state index in [4.69, 9.17) is 9.47 Å². The third-order valence-electron chi connectivity index (χ3n) is 5.37. The summed E-state index contributed by atoms with van der Waals surface area (Å²) in [6.45, 7) is 1.79. The maximum absolute atomic E-state index is 12.9. The first-order valence-corrected chi connectivity index (χ1v) is 10.7. The van der Waals surface area contributed by atoms with Gasteiger partial charge in [-0.1, -0.05) is 24.3 Å². The summed E-state index contributed by atoms with van der Waals surface area (Å²) >= 11 is 1.51. The number of aromatic nitrogens is 1. The van der Waals surface area contributed by atoms with Crippen molar-refractivity contribution in [3.05, 3.63) is 87.4 Å². The molecule has 0 saturated carbocycles. The number of ketones is 1. The third kappa shape index (κ3) is 3.45. The Morgan fingerprint density at radius 1 is 1.16 bits per heavy atom. The Morgan fingerprint density at radius 2 is 2.00 bits per heavy atom. The van der Waals surface area contributed by atoms with Crippen LogP contribution in [0.25, 0.3) is 17.0 Å². The molecule has 2 aromatic carbocycles. The summed E-state index contributed by atoms with van der Waals surface area (Å²) < 4.78 is 13.5. The van der Waals surface area contributed by atoms with E-state index in [2.05, 4.69) is 0 Å². The molecule has 0 fully saturated rings. The molecule has 0 atom stereocenters. The molecule has 0 bridgehead atoms. The molecule has 0 unspecified atom stereocenters. The summed E-state index contributed by atoms with van der Waals surface area (Å²) in [5.74, 6) is 0.581. The van der Waals surface area contributed by atoms with E-state index in [9.17, 15) is 9.59 Å². The van der Waals surface area contributed by atoms with Crippen molar-refractivity contribution in [2.24, 2.45) is 7.05 Å². The van der Waals surface area contributed by atoms with Crippen molar-refractivity contribution >= 4 is 40.1 Å². The van der Waals surface area contributed by atoms with Crippen LogP contribution in [0.4, 0.5) is 0 Å². The molecule has 1 aliphatic heterocycles. The van der Waals surface area contributed by atoms with Crippen molar-refractivity contribution in [2.45, 2.75) is 13.3 Å². The zero-order chi connectivity index (χ0) is 21.5. The summed E-state index contributed by atoms with van der Waals surface area (Å²) in [6, 6.07) is 15.1. The molecule has 2 aromatic heterocycles. The highest BCUT2D eigenvalue weighted by atomic mass is 32.1. The molecule has 0 saturated heterocycles. The van der Waals surface area contributed by atoms with Crippen molar-refractivity contribution < 1.29 is 19.1 Å². The Balaban J connectivity index is 1.43. The van der Waals surface area contributed by atoms with E-state index in [0.717, 1.165) is 21.3 Å². The number of nitrogens with zero attached hydrogens (tertiary/aromatic N) is 1. The maximum Gasteiger partial charge on any atom is 0.316 e.